The second-order valence-corrected chi connectivity index (χ2v) is 20.4. The summed E-state index contributed by atoms with van der Waals surface area (Å²) in [5, 5.41) is 41.6. The van der Waals surface area contributed by atoms with Crippen molar-refractivity contribution in [2.75, 3.05) is 44.4 Å². The lowest BCUT2D eigenvalue weighted by atomic mass is 10.1. The van der Waals surface area contributed by atoms with Crippen LogP contribution >= 0.6 is 11.6 Å². The maximum absolute atomic E-state index is 6.17. The Bertz CT molecular complexity index is 4840. The lowest BCUT2D eigenvalue weighted by molar-refractivity contribution is 0.398. The molecule has 6 aromatic heterocycles. The number of hydrogen-bond donors (Lipinski definition) is 3. The number of benzene rings is 9. The Morgan fingerprint density at radius 3 is 1.10 bits per heavy atom. The van der Waals surface area contributed by atoms with Crippen molar-refractivity contribution in [1.29, 1.82) is 0 Å². The number of para-hydroxylation sites is 6. The van der Waals surface area contributed by atoms with E-state index in [0.717, 1.165) is 128 Å². The van der Waals surface area contributed by atoms with E-state index in [1.807, 2.05) is 221 Å². The number of nitrogens with one attached hydrogen (secondary N) is 3. The fourth-order valence-corrected chi connectivity index (χ4v) is 10.8. The Kier molecular flexibility index (Phi) is 15.4. The molecule has 0 spiro atoms. The van der Waals surface area contributed by atoms with Gasteiger partial charge in [0, 0.05) is 49.4 Å². The molecular formula is C68H54ClN15O4. The first-order chi connectivity index (χ1) is 43.3. The Balaban J connectivity index is 0.000000122. The van der Waals surface area contributed by atoms with Gasteiger partial charge in [0.25, 0.3) is 0 Å². The summed E-state index contributed by atoms with van der Waals surface area (Å²) in [5.41, 5.74) is 11.9. The van der Waals surface area contributed by atoms with Crippen LogP contribution in [0.25, 0.3) is 82.5 Å². The van der Waals surface area contributed by atoms with E-state index >= 15 is 0 Å². The minimum absolute atomic E-state index is 0.386. The number of hydrogen-bond acceptors (Lipinski definition) is 16. The minimum Gasteiger partial charge on any atom is -0.495 e. The number of anilines is 6. The number of ether oxygens (including phenoxy) is 4. The van der Waals surface area contributed by atoms with Crippen molar-refractivity contribution in [3.63, 3.8) is 0 Å². The van der Waals surface area contributed by atoms with Crippen LogP contribution in [0.2, 0.25) is 5.15 Å². The van der Waals surface area contributed by atoms with Crippen LogP contribution < -0.4 is 34.9 Å². The zero-order valence-electron chi connectivity index (χ0n) is 48.2. The number of imidazole rings is 3. The van der Waals surface area contributed by atoms with E-state index in [9.17, 15) is 0 Å². The van der Waals surface area contributed by atoms with Gasteiger partial charge in [-0.2, -0.15) is 5.10 Å². The van der Waals surface area contributed by atoms with E-state index in [1.54, 1.807) is 41.1 Å². The van der Waals surface area contributed by atoms with E-state index in [-0.39, 0.29) is 0 Å². The zero-order valence-corrected chi connectivity index (χ0v) is 48.9. The fraction of sp³-hybridized carbons (Fsp3) is 0.0735. The molecule has 0 amide bonds. The van der Waals surface area contributed by atoms with Gasteiger partial charge in [0.15, 0.2) is 22.6 Å². The molecule has 15 aromatic rings. The lowest BCUT2D eigenvalue weighted by Gasteiger charge is -2.11. The Labute approximate surface area is 508 Å². The Morgan fingerprint density at radius 2 is 0.682 bits per heavy atom. The standard InChI is InChI=1S/C23H19N5O2.C23H19N5O.C22H16ClN5O/c1-29-21-10-6-5-9-20(21)28-14-24-18-13-15(11-12-19(18)28)25-22-16-7-3-4-8-17(16)23(30-2)27-26-22;1-15-17-7-3-4-8-18(17)23(27-26-15)25-16-11-12-20-19(13-16)24-14-28(20)21-9-5-6-10-22(21)29-2;1-29-20-9-5-4-8-19(20)28-13-24-17-12-14(10-11-18(17)28)25-22-16-7-3-2-6-15(16)21(23)26-27-22/h3-14H,1-2H3,(H,25,26);3-14H,1-2H3,(H,25,27);2-13H,1H3,(H,25,27). The van der Waals surface area contributed by atoms with Crippen molar-refractivity contribution >= 4 is 112 Å². The van der Waals surface area contributed by atoms with Crippen LogP contribution in [0.3, 0.4) is 0 Å². The molecule has 3 N–H and O–H groups in total. The quantitative estimate of drug-likeness (QED) is 0.0982. The third-order valence-corrected chi connectivity index (χ3v) is 15.1. The predicted molar refractivity (Wildman–Crippen MR) is 348 cm³/mol. The Hall–Kier alpha value is -11.7. The second kappa shape index (κ2) is 24.5. The van der Waals surface area contributed by atoms with E-state index in [4.69, 9.17) is 30.5 Å². The molecule has 0 aliphatic heterocycles. The molecule has 20 heteroatoms. The zero-order chi connectivity index (χ0) is 60.1. The van der Waals surface area contributed by atoms with Crippen LogP contribution in [-0.2, 0) is 0 Å². The highest BCUT2D eigenvalue weighted by molar-refractivity contribution is 6.34. The minimum atomic E-state index is 0.386. The normalized spacial score (nSPS) is 11.1. The molecule has 0 bridgehead atoms. The summed E-state index contributed by atoms with van der Waals surface area (Å²) in [5.74, 6) is 4.92. The first-order valence-corrected chi connectivity index (χ1v) is 28.2. The van der Waals surface area contributed by atoms with Crippen LogP contribution in [0, 0.1) is 6.92 Å². The van der Waals surface area contributed by atoms with Gasteiger partial charge in [0.1, 0.15) is 36.2 Å². The number of nitrogens with zero attached hydrogens (tertiary/aromatic N) is 12. The van der Waals surface area contributed by atoms with Gasteiger partial charge in [-0.05, 0) is 104 Å². The van der Waals surface area contributed by atoms with E-state index < -0.39 is 0 Å². The average Bonchev–Trinajstić information content (AvgIpc) is 2.38. The van der Waals surface area contributed by atoms with E-state index in [2.05, 4.69) is 67.6 Å². The molecule has 0 saturated heterocycles. The van der Waals surface area contributed by atoms with Crippen LogP contribution in [0.4, 0.5) is 34.5 Å². The lowest BCUT2D eigenvalue weighted by Crippen LogP contribution is -2.00. The Morgan fingerprint density at radius 1 is 0.341 bits per heavy atom. The van der Waals surface area contributed by atoms with E-state index in [1.165, 1.54) is 0 Å². The predicted octanol–water partition coefficient (Wildman–Crippen LogP) is 15.1. The van der Waals surface area contributed by atoms with E-state index in [0.29, 0.717) is 22.7 Å². The van der Waals surface area contributed by atoms with Gasteiger partial charge in [-0.3, -0.25) is 13.7 Å². The maximum Gasteiger partial charge on any atom is 0.241 e. The molecule has 6 heterocycles. The number of fused-ring (bicyclic) bond motifs is 6. The second-order valence-electron chi connectivity index (χ2n) is 20.0. The molecule has 432 valence electrons. The van der Waals surface area contributed by atoms with Gasteiger partial charge in [-0.15, -0.1) is 25.5 Å². The summed E-state index contributed by atoms with van der Waals surface area (Å²) >= 11 is 6.17. The van der Waals surface area contributed by atoms with Crippen LogP contribution in [-0.4, -0.2) is 87.7 Å². The largest absolute Gasteiger partial charge is 0.495 e. The van der Waals surface area contributed by atoms with Crippen molar-refractivity contribution in [2.24, 2.45) is 0 Å². The van der Waals surface area contributed by atoms with Gasteiger partial charge in [-0.1, -0.05) is 115 Å². The highest BCUT2D eigenvalue weighted by Crippen LogP contribution is 2.35. The van der Waals surface area contributed by atoms with Crippen molar-refractivity contribution in [3.05, 3.63) is 230 Å². The fourth-order valence-electron chi connectivity index (χ4n) is 10.6. The summed E-state index contributed by atoms with van der Waals surface area (Å²) in [4.78, 5) is 13.7. The molecule has 0 atom stereocenters. The van der Waals surface area contributed by atoms with Gasteiger partial charge in [-0.25, -0.2) is 15.0 Å². The highest BCUT2D eigenvalue weighted by Gasteiger charge is 2.16. The van der Waals surface area contributed by atoms with Gasteiger partial charge < -0.3 is 34.9 Å². The molecule has 9 aromatic carbocycles. The first kappa shape index (κ1) is 55.5. The topological polar surface area (TPSA) is 204 Å². The summed E-state index contributed by atoms with van der Waals surface area (Å²) < 4.78 is 27.9. The number of rotatable bonds is 13. The summed E-state index contributed by atoms with van der Waals surface area (Å²) in [6.07, 6.45) is 5.41. The molecule has 88 heavy (non-hydrogen) atoms. The summed E-state index contributed by atoms with van der Waals surface area (Å²) in [7, 11) is 6.60. The van der Waals surface area contributed by atoms with Crippen molar-refractivity contribution in [1.82, 2.24) is 59.2 Å². The maximum atomic E-state index is 6.17. The molecule has 0 fully saturated rings. The SMILES string of the molecule is COc1ccccc1-n1cnc2cc(Nc3nnc(C)c4ccccc34)ccc21.COc1ccccc1-n1cnc2cc(Nc3nnc(Cl)c4ccccc34)ccc21.COc1ccccc1-n1cnc2cc(Nc3nnc(OC)c4ccccc34)ccc21. The first-order valence-electron chi connectivity index (χ1n) is 27.8. The number of methoxy groups -OCH3 is 4. The van der Waals surface area contributed by atoms with Gasteiger partial charge in [0.05, 0.1) is 84.3 Å². The van der Waals surface area contributed by atoms with Gasteiger partial charge >= 0.3 is 0 Å². The highest BCUT2D eigenvalue weighted by atomic mass is 35.5. The monoisotopic (exact) mass is 1180 g/mol. The summed E-state index contributed by atoms with van der Waals surface area (Å²) in [6, 6.07) is 65.4. The molecule has 0 saturated carbocycles. The number of aryl methyl sites for hydroxylation is 1. The molecule has 0 unspecified atom stereocenters. The summed E-state index contributed by atoms with van der Waals surface area (Å²) in [6.45, 7) is 1.97. The van der Waals surface area contributed by atoms with Crippen LogP contribution in [0.15, 0.2) is 219 Å². The van der Waals surface area contributed by atoms with Crippen LogP contribution in [0.5, 0.6) is 23.1 Å². The average molecular weight is 1180 g/mol. The van der Waals surface area contributed by atoms with Crippen LogP contribution in [0.1, 0.15) is 5.69 Å². The molecule has 0 aliphatic carbocycles. The van der Waals surface area contributed by atoms with Gasteiger partial charge in [0.2, 0.25) is 5.88 Å². The van der Waals surface area contributed by atoms with Crippen molar-refractivity contribution < 1.29 is 18.9 Å². The molecule has 19 nitrogen and oxygen atoms in total. The third kappa shape index (κ3) is 10.9. The third-order valence-electron chi connectivity index (χ3n) is 14.8. The number of aromatic nitrogens is 12. The molecular weight excluding hydrogens is 1130 g/mol. The molecule has 15 rings (SSSR count). The van der Waals surface area contributed by atoms with Crippen molar-refractivity contribution in [2.45, 2.75) is 6.92 Å². The number of halogens is 1. The molecule has 0 aliphatic rings. The van der Waals surface area contributed by atoms with Crippen molar-refractivity contribution in [3.8, 4) is 40.2 Å². The smallest absolute Gasteiger partial charge is 0.241 e. The molecule has 0 radical (unpaired) electrons.